The zero-order valence-corrected chi connectivity index (χ0v) is 24.0. The van der Waals surface area contributed by atoms with Crippen LogP contribution in [0.2, 0.25) is 0 Å². The smallest absolute Gasteiger partial charge is 0.280 e. The summed E-state index contributed by atoms with van der Waals surface area (Å²) in [6.45, 7) is -1.16. The first kappa shape index (κ1) is 37.3. The highest BCUT2D eigenvalue weighted by Gasteiger charge is 2.44. The fraction of sp³-hybridized carbons (Fsp3) is 0.438. The van der Waals surface area contributed by atoms with E-state index in [1.54, 1.807) is 14.1 Å². The van der Waals surface area contributed by atoms with E-state index in [1.165, 1.54) is 23.2 Å². The molecule has 15 N–H and O–H groups in total. The molecule has 0 spiro atoms. The minimum Gasteiger partial charge on any atom is -0.756 e. The summed E-state index contributed by atoms with van der Waals surface area (Å²) in [5, 5.41) is 20.8. The number of aliphatic hydroxyl groups is 2. The Morgan fingerprint density at radius 2 is 1.64 bits per heavy atom. The number of hydrogen-bond donors (Lipinski definition) is 6. The van der Waals surface area contributed by atoms with Gasteiger partial charge in [-0.2, -0.15) is 0 Å². The van der Waals surface area contributed by atoms with Gasteiger partial charge in [0.25, 0.3) is 29.0 Å². The van der Waals surface area contributed by atoms with Crippen LogP contribution in [-0.4, -0.2) is 58.7 Å². The number of benzene rings is 1. The summed E-state index contributed by atoms with van der Waals surface area (Å²) in [6.07, 6.45) is -5.75. The van der Waals surface area contributed by atoms with Crippen molar-refractivity contribution in [2.24, 2.45) is 0 Å². The van der Waals surface area contributed by atoms with E-state index in [2.05, 4.69) is 13.1 Å². The molecular weight excluding hydrogens is 598 g/mol. The second-order valence-electron chi connectivity index (χ2n) is 7.68. The molecule has 1 aliphatic rings. The fourth-order valence-corrected chi connectivity index (χ4v) is 6.26. The van der Waals surface area contributed by atoms with Gasteiger partial charge in [0, 0.05) is 20.3 Å². The van der Waals surface area contributed by atoms with Crippen LogP contribution < -0.4 is 43.6 Å². The number of hydrogen-bond acceptors (Lipinski definition) is 14. The zero-order valence-electron chi connectivity index (χ0n) is 21.3. The maximum Gasteiger partial charge on any atom is 0.280 e. The van der Waals surface area contributed by atoms with Crippen molar-refractivity contribution < 1.29 is 65.8 Å². The molecule has 2 aromatic rings. The molecule has 1 aromatic heterocycles. The zero-order chi connectivity index (χ0) is 27.2. The number of fused-ring (bicyclic) bond motifs is 1. The summed E-state index contributed by atoms with van der Waals surface area (Å²) < 4.78 is 64.8. The third-order valence-electron chi connectivity index (χ3n) is 4.89. The molecule has 23 heteroatoms. The van der Waals surface area contributed by atoms with E-state index >= 15 is 0 Å². The molecule has 1 fully saturated rings. The molecule has 1 aromatic carbocycles. The Morgan fingerprint density at radius 1 is 1.05 bits per heavy atom. The van der Waals surface area contributed by atoms with Gasteiger partial charge in [0.1, 0.15) is 24.1 Å². The average molecular weight is 629 g/mol. The van der Waals surface area contributed by atoms with Crippen LogP contribution in [0.3, 0.4) is 0 Å². The van der Waals surface area contributed by atoms with E-state index < -0.39 is 66.0 Å². The first-order valence-corrected chi connectivity index (χ1v) is 14.1. The van der Waals surface area contributed by atoms with Gasteiger partial charge in [0.15, 0.2) is 6.23 Å². The Kier molecular flexibility index (Phi) is 12.8. The summed E-state index contributed by atoms with van der Waals surface area (Å²) >= 11 is 0. The van der Waals surface area contributed by atoms with E-state index in [0.717, 1.165) is 10.6 Å². The number of phosphoric acid groups is 3. The molecule has 39 heavy (non-hydrogen) atoms. The third-order valence-corrected chi connectivity index (χ3v) is 8.58. The Balaban J connectivity index is 0.00000481. The SMILES string of the molecule is CN(C)c1cc2ccn([C@@H]3O[C@H](COP(=O)([O-])OP(=O)([O-])OP(=O)([O-])O)[C@@H](O)[C@H]3O)c(=O)c2cc1F.[NH4+].[NH4+].[NH4+]. The lowest BCUT2D eigenvalue weighted by Crippen LogP contribution is -2.35. The van der Waals surface area contributed by atoms with Crippen molar-refractivity contribution in [1.29, 1.82) is 0 Å². The van der Waals surface area contributed by atoms with Crippen LogP contribution in [0.4, 0.5) is 10.1 Å². The quantitative estimate of drug-likeness (QED) is 0.189. The lowest BCUT2D eigenvalue weighted by Gasteiger charge is -2.33. The first-order chi connectivity index (χ1) is 16.4. The summed E-state index contributed by atoms with van der Waals surface area (Å²) in [7, 11) is -14.7. The Labute approximate surface area is 219 Å². The number of quaternary nitrogens is 3. The summed E-state index contributed by atoms with van der Waals surface area (Å²) in [4.78, 5) is 56.2. The normalized spacial score (nSPS) is 25.3. The molecule has 3 rings (SSSR count). The molecule has 0 aliphatic carbocycles. The van der Waals surface area contributed by atoms with Crippen molar-refractivity contribution in [2.45, 2.75) is 24.5 Å². The highest BCUT2D eigenvalue weighted by Crippen LogP contribution is 2.61. The molecule has 19 nitrogen and oxygen atoms in total. The number of aliphatic hydroxyl groups excluding tert-OH is 2. The van der Waals surface area contributed by atoms with Crippen LogP contribution in [0.25, 0.3) is 10.8 Å². The van der Waals surface area contributed by atoms with Crippen LogP contribution in [0, 0.1) is 5.82 Å². The van der Waals surface area contributed by atoms with Crippen LogP contribution in [0.1, 0.15) is 6.23 Å². The molecule has 2 heterocycles. The summed E-state index contributed by atoms with van der Waals surface area (Å²) in [6, 6.07) is 3.81. The molecule has 3 unspecified atom stereocenters. The highest BCUT2D eigenvalue weighted by molar-refractivity contribution is 7.65. The number of nitrogens with zero attached hydrogens (tertiary/aromatic N) is 2. The number of halogens is 1. The predicted molar refractivity (Wildman–Crippen MR) is 130 cm³/mol. The highest BCUT2D eigenvalue weighted by atomic mass is 31.3. The summed E-state index contributed by atoms with van der Waals surface area (Å²) in [5.41, 5.74) is -0.610. The van der Waals surface area contributed by atoms with E-state index in [0.29, 0.717) is 5.39 Å². The number of aromatic nitrogens is 1. The molecule has 0 saturated carbocycles. The Hall–Kier alpha value is -1.67. The standard InChI is InChI=1S/C16H22FN2O14P3.3H3N/c1-18(2)11-5-8-3-4-19(15(22)9(8)6-10(11)17)16-14(21)13(20)12(31-16)7-30-35(26,27)33-36(28,29)32-34(23,24)25;;;/h3-6,12-14,16,20-21H,7H2,1-2H3,(H,26,27)(H,28,29)(H2,23,24,25);3*1H3/t12-,13-,14-,16-;;;/m1.../s1. The third kappa shape index (κ3) is 8.91. The topological polar surface area (TPSA) is 353 Å². The number of ether oxygens (including phenoxy) is 1. The number of anilines is 1. The molecular formula is C16H31FN5O14P3. The van der Waals surface area contributed by atoms with Gasteiger partial charge >= 0.3 is 0 Å². The van der Waals surface area contributed by atoms with Crippen molar-refractivity contribution in [1.82, 2.24) is 23.0 Å². The molecule has 0 radical (unpaired) electrons. The van der Waals surface area contributed by atoms with Gasteiger partial charge in [-0.15, -0.1) is 0 Å². The second kappa shape index (κ2) is 13.3. The first-order valence-electron chi connectivity index (χ1n) is 9.67. The van der Waals surface area contributed by atoms with Crippen LogP contribution >= 0.6 is 23.5 Å². The molecule has 1 saturated heterocycles. The minimum atomic E-state index is -6.14. The molecule has 0 bridgehead atoms. The lowest BCUT2D eigenvalue weighted by molar-refractivity contribution is -0.250. The van der Waals surface area contributed by atoms with E-state index in [9.17, 15) is 47.8 Å². The number of pyridine rings is 1. The van der Waals surface area contributed by atoms with Crippen molar-refractivity contribution >= 4 is 39.9 Å². The van der Waals surface area contributed by atoms with Crippen molar-refractivity contribution in [3.63, 3.8) is 0 Å². The van der Waals surface area contributed by atoms with Gasteiger partial charge < -0.3 is 62.4 Å². The van der Waals surface area contributed by atoms with E-state index in [4.69, 9.17) is 9.63 Å². The lowest BCUT2D eigenvalue weighted by atomic mass is 10.1. The van der Waals surface area contributed by atoms with Crippen molar-refractivity contribution in [2.75, 3.05) is 25.6 Å². The van der Waals surface area contributed by atoms with Crippen LogP contribution in [-0.2, 0) is 31.6 Å². The van der Waals surface area contributed by atoms with E-state index in [1.807, 2.05) is 0 Å². The number of rotatable bonds is 9. The minimum absolute atomic E-state index is 0. The average Bonchev–Trinajstić information content (AvgIpc) is 2.98. The van der Waals surface area contributed by atoms with Gasteiger partial charge in [-0.25, -0.2) is 13.0 Å². The fourth-order valence-electron chi connectivity index (χ4n) is 3.36. The monoisotopic (exact) mass is 629 g/mol. The van der Waals surface area contributed by atoms with Gasteiger partial charge in [-0.05, 0) is 23.6 Å². The summed E-state index contributed by atoms with van der Waals surface area (Å²) in [5.74, 6) is -0.707. The van der Waals surface area contributed by atoms with Gasteiger partial charge in [0.2, 0.25) is 0 Å². The van der Waals surface area contributed by atoms with Gasteiger partial charge in [-0.1, -0.05) is 0 Å². The Bertz CT molecular complexity index is 1360. The predicted octanol–water partition coefficient (Wildman–Crippen LogP) is -0.598. The van der Waals surface area contributed by atoms with Crippen LogP contribution in [0.15, 0.2) is 29.2 Å². The number of phosphoric ester groups is 1. The van der Waals surface area contributed by atoms with Crippen LogP contribution in [0.5, 0.6) is 0 Å². The van der Waals surface area contributed by atoms with E-state index in [-0.39, 0.29) is 29.5 Å². The second-order valence-corrected chi connectivity index (χ2v) is 12.0. The molecule has 226 valence electrons. The molecule has 0 amide bonds. The molecule has 7 atom stereocenters. The maximum absolute atomic E-state index is 14.4. The molecule has 1 aliphatic heterocycles. The largest absolute Gasteiger partial charge is 0.756 e. The Morgan fingerprint density at radius 3 is 2.18 bits per heavy atom. The van der Waals surface area contributed by atoms with Crippen molar-refractivity contribution in [3.05, 3.63) is 40.6 Å². The van der Waals surface area contributed by atoms with Gasteiger partial charge in [0.05, 0.1) is 17.7 Å². The maximum atomic E-state index is 14.4. The van der Waals surface area contributed by atoms with Gasteiger partial charge in [-0.3, -0.25) is 23.1 Å². The van der Waals surface area contributed by atoms with Crippen molar-refractivity contribution in [3.8, 4) is 0 Å².